The van der Waals surface area contributed by atoms with Gasteiger partial charge in [0, 0.05) is 23.3 Å². The summed E-state index contributed by atoms with van der Waals surface area (Å²) in [4.78, 5) is 12.0. The third-order valence-electron chi connectivity index (χ3n) is 2.74. The molecular formula is C14H13ClO2. The summed E-state index contributed by atoms with van der Waals surface area (Å²) in [6, 6.07) is 10.6. The molecule has 0 unspecified atom stereocenters. The second kappa shape index (κ2) is 5.19. The quantitative estimate of drug-likeness (QED) is 0.661. The molecule has 0 aromatic heterocycles. The van der Waals surface area contributed by atoms with Crippen molar-refractivity contribution in [2.24, 2.45) is 0 Å². The molecule has 0 heterocycles. The van der Waals surface area contributed by atoms with Crippen LogP contribution in [0.3, 0.4) is 0 Å². The minimum Gasteiger partial charge on any atom is -0.507 e. The molecule has 0 radical (unpaired) electrons. The van der Waals surface area contributed by atoms with Crippen LogP contribution in [-0.4, -0.2) is 16.8 Å². The van der Waals surface area contributed by atoms with E-state index < -0.39 is 0 Å². The van der Waals surface area contributed by atoms with Crippen molar-refractivity contribution in [3.8, 4) is 5.75 Å². The van der Waals surface area contributed by atoms with E-state index in [1.807, 2.05) is 24.3 Å². The Morgan fingerprint density at radius 1 is 1.12 bits per heavy atom. The van der Waals surface area contributed by atoms with Gasteiger partial charge in [-0.25, -0.2) is 0 Å². The first-order valence-electron chi connectivity index (χ1n) is 5.54. The van der Waals surface area contributed by atoms with Crippen molar-refractivity contribution in [2.75, 3.05) is 5.88 Å². The molecule has 0 aliphatic rings. The zero-order valence-electron chi connectivity index (χ0n) is 9.32. The minimum atomic E-state index is 0.0712. The molecule has 88 valence electrons. The second-order valence-corrected chi connectivity index (χ2v) is 4.27. The Kier molecular flexibility index (Phi) is 3.64. The summed E-state index contributed by atoms with van der Waals surface area (Å²) in [5, 5.41) is 11.2. The van der Waals surface area contributed by atoms with Crippen LogP contribution in [-0.2, 0) is 0 Å². The first kappa shape index (κ1) is 11.9. The average Bonchev–Trinajstić information content (AvgIpc) is 2.37. The molecule has 3 heteroatoms. The van der Waals surface area contributed by atoms with E-state index in [9.17, 15) is 9.90 Å². The highest BCUT2D eigenvalue weighted by molar-refractivity contribution is 6.18. The number of phenolic OH excluding ortho intramolecular Hbond substituents is 1. The molecule has 2 aromatic rings. The lowest BCUT2D eigenvalue weighted by Gasteiger charge is -2.06. The highest BCUT2D eigenvalue weighted by Gasteiger charge is 2.11. The molecule has 17 heavy (non-hydrogen) atoms. The summed E-state index contributed by atoms with van der Waals surface area (Å²) in [5.41, 5.74) is 0.656. The van der Waals surface area contributed by atoms with Crippen LogP contribution < -0.4 is 0 Å². The molecule has 0 saturated carbocycles. The van der Waals surface area contributed by atoms with Gasteiger partial charge in [0.2, 0.25) is 0 Å². The molecule has 0 amide bonds. The van der Waals surface area contributed by atoms with Crippen LogP contribution in [0.15, 0.2) is 36.4 Å². The van der Waals surface area contributed by atoms with Crippen LogP contribution in [0.5, 0.6) is 5.75 Å². The molecule has 0 aliphatic heterocycles. The van der Waals surface area contributed by atoms with Gasteiger partial charge in [-0.05, 0) is 23.9 Å². The number of Topliss-reactive ketones (excluding diaryl/α,β-unsaturated/α-hetero) is 1. The molecular weight excluding hydrogens is 236 g/mol. The van der Waals surface area contributed by atoms with Gasteiger partial charge < -0.3 is 5.11 Å². The maximum absolute atomic E-state index is 12.0. The zero-order chi connectivity index (χ0) is 12.3. The van der Waals surface area contributed by atoms with E-state index >= 15 is 0 Å². The van der Waals surface area contributed by atoms with Gasteiger partial charge in [-0.2, -0.15) is 0 Å². The number of rotatable bonds is 4. The van der Waals surface area contributed by atoms with E-state index in [-0.39, 0.29) is 11.5 Å². The minimum absolute atomic E-state index is 0.0712. The highest BCUT2D eigenvalue weighted by atomic mass is 35.5. The van der Waals surface area contributed by atoms with Gasteiger partial charge in [0.1, 0.15) is 5.75 Å². The average molecular weight is 249 g/mol. The molecule has 0 atom stereocenters. The van der Waals surface area contributed by atoms with Gasteiger partial charge in [-0.1, -0.05) is 24.3 Å². The summed E-state index contributed by atoms with van der Waals surface area (Å²) in [6.07, 6.45) is 1.12. The van der Waals surface area contributed by atoms with Crippen LogP contribution in [0.2, 0.25) is 0 Å². The first-order chi connectivity index (χ1) is 8.24. The normalized spacial score (nSPS) is 10.6. The zero-order valence-corrected chi connectivity index (χ0v) is 10.1. The standard InChI is InChI=1S/C14H13ClO2/c15-9-3-6-13(16)12-7-8-14(17)11-5-2-1-4-10(11)12/h1-2,4-5,7-8,17H,3,6,9H2. The summed E-state index contributed by atoms with van der Waals surface area (Å²) < 4.78 is 0. The van der Waals surface area contributed by atoms with E-state index in [0.29, 0.717) is 29.7 Å². The van der Waals surface area contributed by atoms with Gasteiger partial charge in [0.05, 0.1) is 0 Å². The number of hydrogen-bond donors (Lipinski definition) is 1. The highest BCUT2D eigenvalue weighted by Crippen LogP contribution is 2.28. The maximum Gasteiger partial charge on any atom is 0.163 e. The van der Waals surface area contributed by atoms with Crippen molar-refractivity contribution in [3.05, 3.63) is 42.0 Å². The fourth-order valence-corrected chi connectivity index (χ4v) is 2.02. The number of ketones is 1. The number of phenols is 1. The Hall–Kier alpha value is -1.54. The molecule has 0 bridgehead atoms. The number of carbonyl (C=O) groups excluding carboxylic acids is 1. The van der Waals surface area contributed by atoms with Crippen molar-refractivity contribution >= 4 is 28.2 Å². The van der Waals surface area contributed by atoms with Gasteiger partial charge >= 0.3 is 0 Å². The fraction of sp³-hybridized carbons (Fsp3) is 0.214. The Balaban J connectivity index is 2.48. The fourth-order valence-electron chi connectivity index (χ4n) is 1.89. The Labute approximate surface area is 105 Å². The molecule has 0 fully saturated rings. The third-order valence-corrected chi connectivity index (χ3v) is 3.01. The molecule has 1 N–H and O–H groups in total. The SMILES string of the molecule is O=C(CCCCl)c1ccc(O)c2ccccc12. The summed E-state index contributed by atoms with van der Waals surface area (Å²) in [7, 11) is 0. The molecule has 2 aromatic carbocycles. The number of aromatic hydroxyl groups is 1. The lowest BCUT2D eigenvalue weighted by molar-refractivity contribution is 0.0983. The predicted octanol–water partition coefficient (Wildman–Crippen LogP) is 3.75. The van der Waals surface area contributed by atoms with E-state index in [2.05, 4.69) is 0 Å². The van der Waals surface area contributed by atoms with Crippen LogP contribution in [0.1, 0.15) is 23.2 Å². The van der Waals surface area contributed by atoms with Gasteiger partial charge in [-0.3, -0.25) is 4.79 Å². The smallest absolute Gasteiger partial charge is 0.163 e. The Morgan fingerprint density at radius 3 is 2.53 bits per heavy atom. The predicted molar refractivity (Wildman–Crippen MR) is 69.9 cm³/mol. The van der Waals surface area contributed by atoms with E-state index in [1.165, 1.54) is 0 Å². The number of carbonyl (C=O) groups is 1. The second-order valence-electron chi connectivity index (χ2n) is 3.89. The molecule has 2 nitrogen and oxygen atoms in total. The van der Waals surface area contributed by atoms with E-state index in [0.717, 1.165) is 5.39 Å². The van der Waals surface area contributed by atoms with Crippen LogP contribution in [0.25, 0.3) is 10.8 Å². The number of benzene rings is 2. The van der Waals surface area contributed by atoms with Crippen molar-refractivity contribution in [1.29, 1.82) is 0 Å². The summed E-state index contributed by atoms with van der Waals surface area (Å²) in [5.74, 6) is 0.762. The first-order valence-corrected chi connectivity index (χ1v) is 6.07. The van der Waals surface area contributed by atoms with Gasteiger partial charge in [0.15, 0.2) is 5.78 Å². The summed E-state index contributed by atoms with van der Waals surface area (Å²) >= 11 is 5.58. The van der Waals surface area contributed by atoms with Crippen molar-refractivity contribution in [3.63, 3.8) is 0 Å². The van der Waals surface area contributed by atoms with E-state index in [1.54, 1.807) is 12.1 Å². The lowest BCUT2D eigenvalue weighted by atomic mass is 9.98. The maximum atomic E-state index is 12.0. The molecule has 0 aliphatic carbocycles. The van der Waals surface area contributed by atoms with Gasteiger partial charge in [0.25, 0.3) is 0 Å². The Morgan fingerprint density at radius 2 is 1.82 bits per heavy atom. The van der Waals surface area contributed by atoms with Crippen molar-refractivity contribution in [1.82, 2.24) is 0 Å². The number of halogens is 1. The largest absolute Gasteiger partial charge is 0.507 e. The lowest BCUT2D eigenvalue weighted by Crippen LogP contribution is -2.00. The Bertz CT molecular complexity index is 549. The van der Waals surface area contributed by atoms with Crippen LogP contribution >= 0.6 is 11.6 Å². The van der Waals surface area contributed by atoms with Crippen molar-refractivity contribution < 1.29 is 9.90 Å². The molecule has 0 saturated heterocycles. The van der Waals surface area contributed by atoms with E-state index in [4.69, 9.17) is 11.6 Å². The third kappa shape index (κ3) is 2.42. The van der Waals surface area contributed by atoms with Crippen LogP contribution in [0.4, 0.5) is 0 Å². The van der Waals surface area contributed by atoms with Crippen molar-refractivity contribution in [2.45, 2.75) is 12.8 Å². The van der Waals surface area contributed by atoms with Crippen LogP contribution in [0, 0.1) is 0 Å². The number of fused-ring (bicyclic) bond motifs is 1. The monoisotopic (exact) mass is 248 g/mol. The van der Waals surface area contributed by atoms with Gasteiger partial charge in [-0.15, -0.1) is 11.6 Å². The molecule has 0 spiro atoms. The number of alkyl halides is 1. The summed E-state index contributed by atoms with van der Waals surface area (Å²) in [6.45, 7) is 0. The number of hydrogen-bond acceptors (Lipinski definition) is 2. The topological polar surface area (TPSA) is 37.3 Å². The molecule has 2 rings (SSSR count).